The molecule has 166 valence electrons. The number of sulfonamides is 1. The van der Waals surface area contributed by atoms with Crippen LogP contribution in [0.1, 0.15) is 19.7 Å². The van der Waals surface area contributed by atoms with Gasteiger partial charge in [-0.3, -0.25) is 14.4 Å². The molecule has 2 heterocycles. The quantitative estimate of drug-likeness (QED) is 0.480. The number of aromatic nitrogens is 3. The van der Waals surface area contributed by atoms with Crippen LogP contribution in [0, 0.1) is 5.92 Å². The van der Waals surface area contributed by atoms with Crippen molar-refractivity contribution in [2.75, 3.05) is 6.54 Å². The molecule has 2 unspecified atom stereocenters. The van der Waals surface area contributed by atoms with E-state index in [-0.39, 0.29) is 17.9 Å². The maximum absolute atomic E-state index is 13.0. The topological polar surface area (TPSA) is 152 Å². The fraction of sp³-hybridized carbons (Fsp3) is 0.421. The lowest BCUT2D eigenvalue weighted by Gasteiger charge is -2.24. The van der Waals surface area contributed by atoms with Crippen molar-refractivity contribution in [2.45, 2.75) is 43.8 Å². The third kappa shape index (κ3) is 5.33. The second kappa shape index (κ2) is 9.35. The Kier molecular flexibility index (Phi) is 6.81. The van der Waals surface area contributed by atoms with Crippen LogP contribution < -0.4 is 15.4 Å². The molecule has 1 aliphatic heterocycles. The van der Waals surface area contributed by atoms with Gasteiger partial charge < -0.3 is 15.2 Å². The SMILES string of the molecule is CC(C)C(NS(=O)(=O)c1ccccc1)C(=O)NC1Cc2nncn2CCNC(=O)C1=O. The number of benzene rings is 1. The van der Waals surface area contributed by atoms with Gasteiger partial charge in [0.1, 0.15) is 24.2 Å². The van der Waals surface area contributed by atoms with Gasteiger partial charge in [0.15, 0.2) is 0 Å². The van der Waals surface area contributed by atoms with Gasteiger partial charge in [-0.25, -0.2) is 8.42 Å². The molecule has 11 nitrogen and oxygen atoms in total. The summed E-state index contributed by atoms with van der Waals surface area (Å²) in [5.41, 5.74) is 0. The van der Waals surface area contributed by atoms with Crippen molar-refractivity contribution in [1.29, 1.82) is 0 Å². The molecule has 1 aliphatic rings. The zero-order valence-corrected chi connectivity index (χ0v) is 17.9. The average Bonchev–Trinajstić information content (AvgIpc) is 3.18. The molecule has 0 spiro atoms. The van der Waals surface area contributed by atoms with Crippen molar-refractivity contribution in [3.05, 3.63) is 42.5 Å². The van der Waals surface area contributed by atoms with Crippen molar-refractivity contribution >= 4 is 27.6 Å². The lowest BCUT2D eigenvalue weighted by Crippen LogP contribution is -2.55. The highest BCUT2D eigenvalue weighted by Gasteiger charge is 2.34. The summed E-state index contributed by atoms with van der Waals surface area (Å²) in [6.45, 7) is 3.94. The van der Waals surface area contributed by atoms with Crippen LogP contribution in [-0.2, 0) is 37.4 Å². The molecule has 0 saturated heterocycles. The van der Waals surface area contributed by atoms with Crippen LogP contribution >= 0.6 is 0 Å². The van der Waals surface area contributed by atoms with Crippen LogP contribution in [-0.4, -0.2) is 59.4 Å². The molecular formula is C19H24N6O5S. The summed E-state index contributed by atoms with van der Waals surface area (Å²) in [5.74, 6) is -2.37. The van der Waals surface area contributed by atoms with E-state index in [1.54, 1.807) is 36.6 Å². The number of carbonyl (C=O) groups is 3. The number of ketones is 1. The van der Waals surface area contributed by atoms with Gasteiger partial charge in [0.25, 0.3) is 5.91 Å². The van der Waals surface area contributed by atoms with Crippen LogP contribution in [0.5, 0.6) is 0 Å². The van der Waals surface area contributed by atoms with Crippen LogP contribution in [0.15, 0.2) is 41.6 Å². The van der Waals surface area contributed by atoms with Crippen molar-refractivity contribution in [1.82, 2.24) is 30.1 Å². The van der Waals surface area contributed by atoms with E-state index in [4.69, 9.17) is 0 Å². The zero-order valence-electron chi connectivity index (χ0n) is 17.1. The summed E-state index contributed by atoms with van der Waals surface area (Å²) in [7, 11) is -3.97. The summed E-state index contributed by atoms with van der Waals surface area (Å²) in [5, 5.41) is 12.8. The molecule has 12 heteroatoms. The van der Waals surface area contributed by atoms with Crippen molar-refractivity contribution in [3.63, 3.8) is 0 Å². The molecule has 0 aliphatic carbocycles. The Labute approximate surface area is 179 Å². The maximum atomic E-state index is 13.0. The molecule has 3 rings (SSSR count). The number of hydrogen-bond acceptors (Lipinski definition) is 7. The summed E-state index contributed by atoms with van der Waals surface area (Å²) in [6.07, 6.45) is 1.43. The third-order valence-electron chi connectivity index (χ3n) is 4.86. The third-order valence-corrected chi connectivity index (χ3v) is 6.32. The Bertz CT molecular complexity index is 1070. The first-order valence-electron chi connectivity index (χ1n) is 9.75. The van der Waals surface area contributed by atoms with E-state index >= 15 is 0 Å². The molecule has 2 aromatic rings. The minimum atomic E-state index is -3.97. The summed E-state index contributed by atoms with van der Waals surface area (Å²) in [6, 6.07) is 5.28. The monoisotopic (exact) mass is 448 g/mol. The molecule has 0 saturated carbocycles. The molecular weight excluding hydrogens is 424 g/mol. The predicted octanol–water partition coefficient (Wildman–Crippen LogP) is -0.993. The van der Waals surface area contributed by atoms with Gasteiger partial charge in [0.05, 0.1) is 4.90 Å². The number of rotatable bonds is 6. The molecule has 1 aromatic carbocycles. The first kappa shape index (κ1) is 22.6. The Morgan fingerprint density at radius 1 is 1.23 bits per heavy atom. The van der Waals surface area contributed by atoms with Gasteiger partial charge in [-0.15, -0.1) is 10.2 Å². The van der Waals surface area contributed by atoms with Gasteiger partial charge in [0.2, 0.25) is 21.7 Å². The number of hydrogen-bond donors (Lipinski definition) is 3. The normalized spacial score (nSPS) is 18.4. The van der Waals surface area contributed by atoms with Gasteiger partial charge in [0, 0.05) is 19.5 Å². The highest BCUT2D eigenvalue weighted by atomic mass is 32.2. The van der Waals surface area contributed by atoms with E-state index in [1.165, 1.54) is 18.5 Å². The maximum Gasteiger partial charge on any atom is 0.289 e. The highest BCUT2D eigenvalue weighted by Crippen LogP contribution is 2.12. The standard InChI is InChI=1S/C19H24N6O5S/c1-12(2)16(24-31(29,30)13-6-4-3-5-7-13)18(27)22-14-10-15-23-21-11-25(15)9-8-20-19(28)17(14)26/h3-7,11-12,14,16,24H,8-10H2,1-2H3,(H,20,28)(H,22,27). The Balaban J connectivity index is 1.82. The first-order valence-corrected chi connectivity index (χ1v) is 11.2. The van der Waals surface area contributed by atoms with Crippen LogP contribution in [0.4, 0.5) is 0 Å². The minimum absolute atomic E-state index is 0.0134. The lowest BCUT2D eigenvalue weighted by molar-refractivity contribution is -0.140. The fourth-order valence-electron chi connectivity index (χ4n) is 3.14. The number of fused-ring (bicyclic) bond motifs is 1. The summed E-state index contributed by atoms with van der Waals surface area (Å²) < 4.78 is 29.5. The van der Waals surface area contributed by atoms with E-state index in [0.29, 0.717) is 12.4 Å². The largest absolute Gasteiger partial charge is 0.348 e. The predicted molar refractivity (Wildman–Crippen MR) is 109 cm³/mol. The van der Waals surface area contributed by atoms with Gasteiger partial charge in [-0.05, 0) is 18.1 Å². The molecule has 0 fully saturated rings. The fourth-order valence-corrected chi connectivity index (χ4v) is 4.50. The lowest BCUT2D eigenvalue weighted by atomic mass is 10.0. The number of carbonyl (C=O) groups excluding carboxylic acids is 3. The van der Waals surface area contributed by atoms with Crippen LogP contribution in [0.3, 0.4) is 0 Å². The van der Waals surface area contributed by atoms with Crippen LogP contribution in [0.25, 0.3) is 0 Å². The van der Waals surface area contributed by atoms with Crippen molar-refractivity contribution in [2.24, 2.45) is 5.92 Å². The van der Waals surface area contributed by atoms with E-state index < -0.39 is 45.6 Å². The molecule has 2 atom stereocenters. The summed E-state index contributed by atoms with van der Waals surface area (Å²) in [4.78, 5) is 37.7. The van der Waals surface area contributed by atoms with E-state index in [9.17, 15) is 22.8 Å². The minimum Gasteiger partial charge on any atom is -0.348 e. The number of nitrogens with zero attached hydrogens (tertiary/aromatic N) is 3. The number of amides is 2. The molecule has 1 aromatic heterocycles. The van der Waals surface area contributed by atoms with Crippen molar-refractivity contribution in [3.8, 4) is 0 Å². The second-order valence-electron chi connectivity index (χ2n) is 7.48. The Hall–Kier alpha value is -3.12. The molecule has 31 heavy (non-hydrogen) atoms. The number of Topliss-reactive ketones (excluding diaryl/α,β-unsaturated/α-hetero) is 1. The molecule has 0 bridgehead atoms. The molecule has 3 N–H and O–H groups in total. The highest BCUT2D eigenvalue weighted by molar-refractivity contribution is 7.89. The summed E-state index contributed by atoms with van der Waals surface area (Å²) >= 11 is 0. The smallest absolute Gasteiger partial charge is 0.289 e. The van der Waals surface area contributed by atoms with Gasteiger partial charge in [-0.1, -0.05) is 32.0 Å². The van der Waals surface area contributed by atoms with E-state index in [1.807, 2.05) is 0 Å². The van der Waals surface area contributed by atoms with Gasteiger partial charge in [-0.2, -0.15) is 4.72 Å². The molecule has 2 amide bonds. The van der Waals surface area contributed by atoms with E-state index in [0.717, 1.165) is 0 Å². The second-order valence-corrected chi connectivity index (χ2v) is 9.20. The van der Waals surface area contributed by atoms with Crippen molar-refractivity contribution < 1.29 is 22.8 Å². The zero-order chi connectivity index (χ0) is 22.6. The molecule has 0 radical (unpaired) electrons. The first-order chi connectivity index (χ1) is 14.7. The Morgan fingerprint density at radius 3 is 2.61 bits per heavy atom. The number of nitrogens with one attached hydrogen (secondary N) is 3. The van der Waals surface area contributed by atoms with E-state index in [2.05, 4.69) is 25.6 Å². The van der Waals surface area contributed by atoms with Gasteiger partial charge >= 0.3 is 0 Å². The Morgan fingerprint density at radius 2 is 1.94 bits per heavy atom. The average molecular weight is 449 g/mol. The van der Waals surface area contributed by atoms with Crippen LogP contribution in [0.2, 0.25) is 0 Å².